The average molecular weight is 913 g/mol. The number of aryl methyl sites for hydroxylation is 1. The van der Waals surface area contributed by atoms with Gasteiger partial charge in [-0.2, -0.15) is 0 Å². The van der Waals surface area contributed by atoms with Gasteiger partial charge in [0, 0.05) is 17.3 Å². The Bertz CT molecular complexity index is 2070. The van der Waals surface area contributed by atoms with Crippen LogP contribution >= 0.6 is 0 Å². The first kappa shape index (κ1) is 57.1. The van der Waals surface area contributed by atoms with E-state index in [1.54, 1.807) is 30.3 Å². The van der Waals surface area contributed by atoms with Crippen LogP contribution in [0.3, 0.4) is 0 Å². The fourth-order valence-corrected chi connectivity index (χ4v) is 9.68. The molecule has 0 aliphatic rings. The fourth-order valence-electron chi connectivity index (χ4n) is 8.48. The van der Waals surface area contributed by atoms with Crippen molar-refractivity contribution in [1.29, 1.82) is 0 Å². The van der Waals surface area contributed by atoms with Crippen molar-refractivity contribution in [1.82, 2.24) is 9.55 Å². The molecule has 0 spiro atoms. The first-order chi connectivity index (χ1) is 29.1. The maximum Gasteiger partial charge on any atom is 1.00 e. The van der Waals surface area contributed by atoms with Crippen molar-refractivity contribution < 1.29 is 89.8 Å². The van der Waals surface area contributed by atoms with E-state index in [0.29, 0.717) is 46.7 Å². The van der Waals surface area contributed by atoms with Crippen LogP contribution in [0.2, 0.25) is 0 Å². The number of hydrogen-bond acceptors (Lipinski definition) is 8. The zero-order valence-electron chi connectivity index (χ0n) is 38.9. The van der Waals surface area contributed by atoms with E-state index in [1.807, 2.05) is 4.57 Å². The Hall–Kier alpha value is -0.990. The van der Waals surface area contributed by atoms with Crippen LogP contribution in [0.4, 0.5) is 0 Å². The molecule has 13 heteroatoms. The number of ether oxygens (including phenoxy) is 1. The number of imidazole rings is 1. The van der Waals surface area contributed by atoms with Crippen LogP contribution in [0.25, 0.3) is 33.2 Å². The third kappa shape index (κ3) is 19.9. The van der Waals surface area contributed by atoms with Gasteiger partial charge in [0.2, 0.25) is 0 Å². The minimum Gasteiger partial charge on any atom is -0.744 e. The van der Waals surface area contributed by atoms with Crippen LogP contribution in [0.15, 0.2) is 58.3 Å². The molecule has 62 heavy (non-hydrogen) atoms. The van der Waals surface area contributed by atoms with E-state index in [9.17, 15) is 25.9 Å². The van der Waals surface area contributed by atoms with Crippen molar-refractivity contribution in [3.05, 3.63) is 48.5 Å². The van der Waals surface area contributed by atoms with Crippen LogP contribution in [0.1, 0.15) is 194 Å². The van der Waals surface area contributed by atoms with Gasteiger partial charge >= 0.3 is 59.1 Å². The molecule has 3 aromatic carbocycles. The van der Waals surface area contributed by atoms with Gasteiger partial charge in [-0.1, -0.05) is 205 Å². The molecule has 0 N–H and O–H groups in total. The summed E-state index contributed by atoms with van der Waals surface area (Å²) in [6.45, 7) is 5.43. The molecule has 1 aromatic heterocycles. The fraction of sp³-hybridized carbons (Fsp3) is 0.653. The summed E-state index contributed by atoms with van der Waals surface area (Å²) in [6, 6.07) is 12.4. The minimum atomic E-state index is -4.90. The predicted molar refractivity (Wildman–Crippen MR) is 245 cm³/mol. The van der Waals surface area contributed by atoms with Crippen LogP contribution < -0.4 is 63.9 Å². The molecular formula is C49H74N2Na2O7S2. The maximum atomic E-state index is 12.8. The number of rotatable bonds is 34. The Morgan fingerprint density at radius 2 is 0.968 bits per heavy atom. The Labute approximate surface area is 419 Å². The summed E-state index contributed by atoms with van der Waals surface area (Å²) in [5.41, 5.74) is 1.26. The minimum absolute atomic E-state index is 0. The second-order valence-electron chi connectivity index (χ2n) is 17.0. The second kappa shape index (κ2) is 31.8. The molecule has 336 valence electrons. The summed E-state index contributed by atoms with van der Waals surface area (Å²) in [7, 11) is -9.65. The van der Waals surface area contributed by atoms with E-state index in [1.165, 1.54) is 153 Å². The van der Waals surface area contributed by atoms with Crippen molar-refractivity contribution in [3.8, 4) is 17.1 Å². The van der Waals surface area contributed by atoms with Crippen molar-refractivity contribution in [2.75, 3.05) is 6.61 Å². The summed E-state index contributed by atoms with van der Waals surface area (Å²) in [5, 5.41) is 0.772. The number of nitrogens with zero attached hydrogens (tertiary/aromatic N) is 2. The molecular weight excluding hydrogens is 839 g/mol. The summed E-state index contributed by atoms with van der Waals surface area (Å²) in [4.78, 5) is 4.08. The summed E-state index contributed by atoms with van der Waals surface area (Å²) in [5.74, 6) is 0.800. The first-order valence-corrected chi connectivity index (χ1v) is 26.5. The first-order valence-electron chi connectivity index (χ1n) is 23.7. The second-order valence-corrected chi connectivity index (χ2v) is 19.7. The number of unbranched alkanes of at least 4 members (excludes halogenated alkanes) is 26. The molecule has 0 atom stereocenters. The molecule has 0 saturated heterocycles. The van der Waals surface area contributed by atoms with Gasteiger partial charge in [0.25, 0.3) is 0 Å². The van der Waals surface area contributed by atoms with Gasteiger partial charge in [-0.3, -0.25) is 0 Å². The van der Waals surface area contributed by atoms with Gasteiger partial charge in [0.05, 0.1) is 33.0 Å². The number of benzene rings is 3. The van der Waals surface area contributed by atoms with Gasteiger partial charge in [0.1, 0.15) is 31.8 Å². The Morgan fingerprint density at radius 3 is 1.42 bits per heavy atom. The largest absolute Gasteiger partial charge is 1.00 e. The molecule has 0 bridgehead atoms. The van der Waals surface area contributed by atoms with E-state index in [-0.39, 0.29) is 69.4 Å². The molecule has 0 aliphatic carbocycles. The molecule has 4 rings (SSSR count). The van der Waals surface area contributed by atoms with Crippen LogP contribution in [-0.4, -0.2) is 42.1 Å². The SMILES string of the molecule is CCCCCCCCCCCCCCCCOc1c(-c2nc3cc(S(=O)(=O)[O-])ccc3n2CCCCCCCCCCCCCCCC)cc(S(=O)(=O)[O-])c2ccccc12.[Na+].[Na+]. The van der Waals surface area contributed by atoms with Crippen LogP contribution in [0.5, 0.6) is 5.75 Å². The zero-order chi connectivity index (χ0) is 43.1. The number of fused-ring (bicyclic) bond motifs is 2. The summed E-state index contributed by atoms with van der Waals surface area (Å²) in [6.07, 6.45) is 34.5. The average Bonchev–Trinajstić information content (AvgIpc) is 3.59. The van der Waals surface area contributed by atoms with Crippen molar-refractivity contribution >= 4 is 42.0 Å². The molecule has 0 amide bonds. The van der Waals surface area contributed by atoms with Gasteiger partial charge in [-0.05, 0) is 37.1 Å². The molecule has 0 fully saturated rings. The summed E-state index contributed by atoms with van der Waals surface area (Å²) >= 11 is 0. The van der Waals surface area contributed by atoms with E-state index < -0.39 is 25.1 Å². The molecule has 0 unspecified atom stereocenters. The van der Waals surface area contributed by atoms with Crippen molar-refractivity contribution in [3.63, 3.8) is 0 Å². The smallest absolute Gasteiger partial charge is 0.744 e. The third-order valence-corrected chi connectivity index (χ3v) is 13.7. The van der Waals surface area contributed by atoms with E-state index >= 15 is 0 Å². The molecule has 1 heterocycles. The molecule has 0 aliphatic heterocycles. The monoisotopic (exact) mass is 912 g/mol. The Kier molecular flexibility index (Phi) is 29.3. The normalized spacial score (nSPS) is 11.9. The summed E-state index contributed by atoms with van der Waals surface area (Å²) < 4.78 is 82.8. The standard InChI is InChI=1S/C49H76N2O7S2.2Na/c1-3-5-7-9-11-13-15-17-19-21-23-25-27-31-37-51-46-36-35-41(59(52,53)54)39-45(46)50-49(51)44-40-47(60(55,56)57)42-33-29-30-34-43(42)48(44)58-38-32-28-26-24-22-20-18-16-14-12-10-8-6-4-2;;/h29-30,33-36,39-40H,3-28,31-32,37-38H2,1-2H3,(H,52,53,54)(H,55,56,57);;/q;2*+1/p-2. The predicted octanol–water partition coefficient (Wildman–Crippen LogP) is 8.01. The third-order valence-electron chi connectivity index (χ3n) is 12.0. The van der Waals surface area contributed by atoms with Crippen LogP contribution in [0, 0.1) is 0 Å². The maximum absolute atomic E-state index is 12.8. The number of hydrogen-bond donors (Lipinski definition) is 0. The topological polar surface area (TPSA) is 141 Å². The zero-order valence-corrected chi connectivity index (χ0v) is 44.5. The molecule has 0 radical (unpaired) electrons. The Morgan fingerprint density at radius 1 is 0.532 bits per heavy atom. The Balaban J connectivity index is 0.00000661. The van der Waals surface area contributed by atoms with Gasteiger partial charge in [-0.15, -0.1) is 0 Å². The van der Waals surface area contributed by atoms with Gasteiger partial charge < -0.3 is 18.4 Å². The van der Waals surface area contributed by atoms with E-state index in [4.69, 9.17) is 9.72 Å². The molecule has 0 saturated carbocycles. The van der Waals surface area contributed by atoms with Crippen LogP contribution in [-0.2, 0) is 26.8 Å². The van der Waals surface area contributed by atoms with E-state index in [0.717, 1.165) is 44.9 Å². The van der Waals surface area contributed by atoms with Crippen molar-refractivity contribution in [2.24, 2.45) is 0 Å². The quantitative estimate of drug-likeness (QED) is 0.0261. The molecule has 9 nitrogen and oxygen atoms in total. The molecule has 4 aromatic rings. The van der Waals surface area contributed by atoms with E-state index in [2.05, 4.69) is 13.8 Å². The number of aromatic nitrogens is 2. The van der Waals surface area contributed by atoms with Crippen molar-refractivity contribution in [2.45, 2.75) is 210 Å². The van der Waals surface area contributed by atoms with Gasteiger partial charge in [-0.25, -0.2) is 21.8 Å². The van der Waals surface area contributed by atoms with Gasteiger partial charge in [0.15, 0.2) is 0 Å².